The molecule has 0 radical (unpaired) electrons. The first-order valence-electron chi connectivity index (χ1n) is 9.07. The number of carbonyl (C=O) groups excluding carboxylic acids is 1. The van der Waals surface area contributed by atoms with Crippen molar-refractivity contribution in [1.82, 2.24) is 4.98 Å². The molecule has 0 spiro atoms. The molecule has 1 fully saturated rings. The molecule has 7 nitrogen and oxygen atoms in total. The van der Waals surface area contributed by atoms with Gasteiger partial charge in [-0.2, -0.15) is 0 Å². The highest BCUT2D eigenvalue weighted by Gasteiger charge is 2.27. The number of hydrogen-bond donors (Lipinski definition) is 0. The largest absolute Gasteiger partial charge is 0.376 e. The summed E-state index contributed by atoms with van der Waals surface area (Å²) in [5.41, 5.74) is 1.70. The molecule has 1 aromatic heterocycles. The minimum absolute atomic E-state index is 0.00205. The molecule has 2 heterocycles. The maximum atomic E-state index is 13.3. The van der Waals surface area contributed by atoms with Crippen molar-refractivity contribution >= 4 is 38.3 Å². The number of fused-ring (bicyclic) bond motifs is 1. The predicted octanol–water partition coefficient (Wildman–Crippen LogP) is 4.34. The summed E-state index contributed by atoms with van der Waals surface area (Å²) in [7, 11) is 0. The minimum Gasteiger partial charge on any atom is -0.376 e. The second kappa shape index (κ2) is 7.65. The van der Waals surface area contributed by atoms with Crippen molar-refractivity contribution in [3.63, 3.8) is 0 Å². The van der Waals surface area contributed by atoms with Crippen molar-refractivity contribution in [3.8, 4) is 0 Å². The van der Waals surface area contributed by atoms with Crippen molar-refractivity contribution in [3.05, 3.63) is 63.7 Å². The van der Waals surface area contributed by atoms with E-state index in [1.807, 2.05) is 24.3 Å². The number of amides is 1. The number of hydrogen-bond acceptors (Lipinski definition) is 6. The summed E-state index contributed by atoms with van der Waals surface area (Å²) in [6, 6.07) is 12.2. The van der Waals surface area contributed by atoms with Crippen LogP contribution in [0.25, 0.3) is 10.2 Å². The molecule has 0 saturated carbocycles. The van der Waals surface area contributed by atoms with Gasteiger partial charge in [0.05, 0.1) is 27.8 Å². The van der Waals surface area contributed by atoms with Crippen LogP contribution in [0.15, 0.2) is 42.5 Å². The summed E-state index contributed by atoms with van der Waals surface area (Å²) in [5, 5.41) is 11.7. The molecule has 1 saturated heterocycles. The second-order valence-corrected chi connectivity index (χ2v) is 7.78. The van der Waals surface area contributed by atoms with E-state index in [0.29, 0.717) is 29.4 Å². The van der Waals surface area contributed by atoms with Crippen LogP contribution in [0.2, 0.25) is 0 Å². The summed E-state index contributed by atoms with van der Waals surface area (Å²) in [6.07, 6.45) is 1.84. The molecule has 1 amide bonds. The van der Waals surface area contributed by atoms with E-state index in [2.05, 4.69) is 4.98 Å². The van der Waals surface area contributed by atoms with Crippen LogP contribution >= 0.6 is 11.3 Å². The molecule has 144 valence electrons. The average molecular weight is 397 g/mol. The van der Waals surface area contributed by atoms with E-state index < -0.39 is 4.92 Å². The second-order valence-electron chi connectivity index (χ2n) is 6.77. The zero-order valence-electron chi connectivity index (χ0n) is 15.3. The van der Waals surface area contributed by atoms with Crippen molar-refractivity contribution in [2.45, 2.75) is 25.9 Å². The van der Waals surface area contributed by atoms with Gasteiger partial charge in [-0.05, 0) is 44.0 Å². The smallest absolute Gasteiger partial charge is 0.272 e. The lowest BCUT2D eigenvalue weighted by Gasteiger charge is -2.23. The highest BCUT2D eigenvalue weighted by molar-refractivity contribution is 7.22. The lowest BCUT2D eigenvalue weighted by molar-refractivity contribution is -0.385. The van der Waals surface area contributed by atoms with Crippen molar-refractivity contribution in [1.29, 1.82) is 0 Å². The summed E-state index contributed by atoms with van der Waals surface area (Å²) in [5.74, 6) is -0.229. The van der Waals surface area contributed by atoms with Gasteiger partial charge in [0.25, 0.3) is 11.6 Å². The van der Waals surface area contributed by atoms with Gasteiger partial charge in [-0.1, -0.05) is 23.5 Å². The Labute approximate surface area is 165 Å². The number of anilines is 1. The average Bonchev–Trinajstić information content (AvgIpc) is 3.34. The first-order valence-corrected chi connectivity index (χ1v) is 9.88. The highest BCUT2D eigenvalue weighted by atomic mass is 32.1. The molecule has 3 aromatic rings. The SMILES string of the molecule is Cc1cc(C(=O)N(C[C@H]2CCCO2)c2nc3ccccc3s2)ccc1[N+](=O)[O-]. The Morgan fingerprint density at radius 3 is 2.86 bits per heavy atom. The zero-order valence-corrected chi connectivity index (χ0v) is 16.1. The van der Waals surface area contributed by atoms with E-state index in [1.54, 1.807) is 17.9 Å². The quantitative estimate of drug-likeness (QED) is 0.472. The first kappa shape index (κ1) is 18.5. The Morgan fingerprint density at radius 1 is 1.36 bits per heavy atom. The van der Waals surface area contributed by atoms with Gasteiger partial charge in [0, 0.05) is 23.8 Å². The molecule has 8 heteroatoms. The fourth-order valence-electron chi connectivity index (χ4n) is 3.36. The number of aryl methyl sites for hydroxylation is 1. The Balaban J connectivity index is 1.70. The van der Waals surface area contributed by atoms with Crippen LogP contribution in [0.4, 0.5) is 10.8 Å². The molecule has 0 N–H and O–H groups in total. The minimum atomic E-state index is -0.443. The fraction of sp³-hybridized carbons (Fsp3) is 0.300. The molecule has 28 heavy (non-hydrogen) atoms. The van der Waals surface area contributed by atoms with Crippen LogP contribution in [0, 0.1) is 17.0 Å². The molecule has 0 bridgehead atoms. The van der Waals surface area contributed by atoms with Gasteiger partial charge in [-0.15, -0.1) is 0 Å². The summed E-state index contributed by atoms with van der Waals surface area (Å²) in [6.45, 7) is 2.74. The van der Waals surface area contributed by atoms with Gasteiger partial charge in [0.1, 0.15) is 0 Å². The summed E-state index contributed by atoms with van der Waals surface area (Å²) in [4.78, 5) is 30.2. The molecule has 2 aromatic carbocycles. The number of aromatic nitrogens is 1. The molecule has 1 aliphatic heterocycles. The van der Waals surface area contributed by atoms with Gasteiger partial charge in [-0.25, -0.2) is 4.98 Å². The number of nitro groups is 1. The lowest BCUT2D eigenvalue weighted by Crippen LogP contribution is -2.37. The molecule has 1 aliphatic rings. The lowest BCUT2D eigenvalue weighted by atomic mass is 10.1. The van der Waals surface area contributed by atoms with Crippen LogP contribution in [0.1, 0.15) is 28.8 Å². The molecule has 4 rings (SSSR count). The van der Waals surface area contributed by atoms with Crippen molar-refractivity contribution in [2.24, 2.45) is 0 Å². The predicted molar refractivity (Wildman–Crippen MR) is 108 cm³/mol. The number of rotatable bonds is 5. The Hall–Kier alpha value is -2.84. The van der Waals surface area contributed by atoms with Gasteiger partial charge in [-0.3, -0.25) is 19.8 Å². The maximum Gasteiger partial charge on any atom is 0.272 e. The van der Waals surface area contributed by atoms with Crippen molar-refractivity contribution in [2.75, 3.05) is 18.1 Å². The van der Waals surface area contributed by atoms with Crippen LogP contribution in [0.5, 0.6) is 0 Å². The number of carbonyl (C=O) groups is 1. The van der Waals surface area contributed by atoms with Crippen LogP contribution in [-0.4, -0.2) is 35.1 Å². The van der Waals surface area contributed by atoms with Crippen LogP contribution in [0.3, 0.4) is 0 Å². The first-order chi connectivity index (χ1) is 13.5. The molecule has 0 aliphatic carbocycles. The Bertz CT molecular complexity index is 1010. The van der Waals surface area contributed by atoms with E-state index in [-0.39, 0.29) is 17.7 Å². The van der Waals surface area contributed by atoms with Gasteiger partial charge >= 0.3 is 0 Å². The fourth-order valence-corrected chi connectivity index (χ4v) is 4.34. The molecular weight excluding hydrogens is 378 g/mol. The molecule has 0 unspecified atom stereocenters. The van der Waals surface area contributed by atoms with Gasteiger partial charge in [0.2, 0.25) is 0 Å². The number of nitro benzene ring substituents is 1. The monoisotopic (exact) mass is 397 g/mol. The number of ether oxygens (including phenoxy) is 1. The van der Waals surface area contributed by atoms with Gasteiger partial charge < -0.3 is 4.74 Å². The normalized spacial score (nSPS) is 16.4. The van der Waals surface area contributed by atoms with Gasteiger partial charge in [0.15, 0.2) is 5.13 Å². The third-order valence-corrected chi connectivity index (χ3v) is 5.87. The molecule has 1 atom stereocenters. The number of benzene rings is 2. The molecular formula is C20H19N3O4S. The third kappa shape index (κ3) is 3.61. The van der Waals surface area contributed by atoms with E-state index in [9.17, 15) is 14.9 Å². The highest BCUT2D eigenvalue weighted by Crippen LogP contribution is 2.31. The van der Waals surface area contributed by atoms with E-state index in [4.69, 9.17) is 4.74 Å². The Morgan fingerprint density at radius 2 is 2.18 bits per heavy atom. The summed E-state index contributed by atoms with van der Waals surface area (Å²) < 4.78 is 6.74. The maximum absolute atomic E-state index is 13.3. The number of nitrogens with zero attached hydrogens (tertiary/aromatic N) is 3. The third-order valence-electron chi connectivity index (χ3n) is 4.81. The van der Waals surface area contributed by atoms with Crippen LogP contribution in [-0.2, 0) is 4.74 Å². The zero-order chi connectivity index (χ0) is 19.7. The number of thiazole rings is 1. The van der Waals surface area contributed by atoms with Crippen LogP contribution < -0.4 is 4.90 Å². The summed E-state index contributed by atoms with van der Waals surface area (Å²) >= 11 is 1.45. The van der Waals surface area contributed by atoms with E-state index in [1.165, 1.54) is 23.5 Å². The standard InChI is InChI=1S/C20H19N3O4S/c1-13-11-14(8-9-17(13)23(25)26)19(24)22(12-15-5-4-10-27-15)20-21-16-6-2-3-7-18(16)28-20/h2-3,6-9,11,15H,4-5,10,12H2,1H3/t15-/m1/s1. The topological polar surface area (TPSA) is 85.6 Å². The van der Waals surface area contributed by atoms with Crippen molar-refractivity contribution < 1.29 is 14.5 Å². The van der Waals surface area contributed by atoms with E-state index in [0.717, 1.165) is 23.1 Å². The number of para-hydroxylation sites is 1. The Kier molecular flexibility index (Phi) is 5.06. The van der Waals surface area contributed by atoms with E-state index >= 15 is 0 Å².